The van der Waals surface area contributed by atoms with Gasteiger partial charge >= 0.3 is 0 Å². The molecule has 0 saturated carbocycles. The molecule has 0 unspecified atom stereocenters. The van der Waals surface area contributed by atoms with Gasteiger partial charge in [-0.2, -0.15) is 0 Å². The Bertz CT molecular complexity index is 987. The number of aryl methyl sites for hydroxylation is 1. The number of nitrogens with one attached hydrogen (secondary N) is 2. The fraction of sp³-hybridized carbons (Fsp3) is 0.136. The first-order chi connectivity index (χ1) is 13.6. The van der Waals surface area contributed by atoms with E-state index in [2.05, 4.69) is 22.5 Å². The maximum atomic E-state index is 13.7. The molecule has 142 valence electrons. The van der Waals surface area contributed by atoms with Gasteiger partial charge in [-0.05, 0) is 42.3 Å². The minimum Gasteiger partial charge on any atom is -0.348 e. The minimum atomic E-state index is -0.410. The number of rotatable bonds is 6. The van der Waals surface area contributed by atoms with E-state index in [1.54, 1.807) is 18.2 Å². The lowest BCUT2D eigenvalue weighted by Gasteiger charge is -2.08. The summed E-state index contributed by atoms with van der Waals surface area (Å²) in [6, 6.07) is 16.7. The van der Waals surface area contributed by atoms with Crippen LogP contribution in [0.4, 0.5) is 10.1 Å². The first-order valence-electron chi connectivity index (χ1n) is 8.94. The maximum Gasteiger partial charge on any atom is 0.274 e. The Morgan fingerprint density at radius 3 is 2.46 bits per heavy atom. The van der Waals surface area contributed by atoms with Crippen LogP contribution in [0.2, 0.25) is 0 Å². The van der Waals surface area contributed by atoms with Gasteiger partial charge in [0.05, 0.1) is 0 Å². The van der Waals surface area contributed by atoms with Crippen LogP contribution in [0.25, 0.3) is 0 Å². The van der Waals surface area contributed by atoms with Gasteiger partial charge in [-0.15, -0.1) is 0 Å². The number of hydrogen-bond acceptors (Lipinski definition) is 3. The van der Waals surface area contributed by atoms with Gasteiger partial charge in [-0.25, -0.2) is 4.39 Å². The molecule has 0 spiro atoms. The first kappa shape index (κ1) is 19.2. The van der Waals surface area contributed by atoms with E-state index in [0.717, 1.165) is 6.42 Å². The van der Waals surface area contributed by atoms with Gasteiger partial charge in [0.1, 0.15) is 11.5 Å². The van der Waals surface area contributed by atoms with Crippen LogP contribution in [0.15, 0.2) is 66.9 Å². The van der Waals surface area contributed by atoms with E-state index in [1.807, 2.05) is 24.3 Å². The van der Waals surface area contributed by atoms with Crippen molar-refractivity contribution in [1.29, 1.82) is 0 Å². The number of benzene rings is 2. The lowest BCUT2D eigenvalue weighted by molar-refractivity contribution is 0.0950. The van der Waals surface area contributed by atoms with Gasteiger partial charge in [0.25, 0.3) is 11.8 Å². The second-order valence-electron chi connectivity index (χ2n) is 6.21. The fourth-order valence-electron chi connectivity index (χ4n) is 2.63. The maximum absolute atomic E-state index is 13.7. The lowest BCUT2D eigenvalue weighted by atomic mass is 10.1. The molecule has 2 N–H and O–H groups in total. The normalized spacial score (nSPS) is 10.4. The Morgan fingerprint density at radius 2 is 1.75 bits per heavy atom. The summed E-state index contributed by atoms with van der Waals surface area (Å²) in [6.45, 7) is 2.11. The topological polar surface area (TPSA) is 71.1 Å². The monoisotopic (exact) mass is 377 g/mol. The molecule has 5 nitrogen and oxygen atoms in total. The largest absolute Gasteiger partial charge is 0.348 e. The fourth-order valence-corrected chi connectivity index (χ4v) is 2.63. The smallest absolute Gasteiger partial charge is 0.274 e. The predicted molar refractivity (Wildman–Crippen MR) is 106 cm³/mol. The van der Waals surface area contributed by atoms with Crippen LogP contribution in [0.5, 0.6) is 0 Å². The van der Waals surface area contributed by atoms with Crippen molar-refractivity contribution in [2.45, 2.75) is 19.9 Å². The van der Waals surface area contributed by atoms with Crippen molar-refractivity contribution in [3.63, 3.8) is 0 Å². The van der Waals surface area contributed by atoms with Gasteiger partial charge < -0.3 is 10.6 Å². The Kier molecular flexibility index (Phi) is 6.11. The summed E-state index contributed by atoms with van der Waals surface area (Å²) in [5.74, 6) is -1.20. The van der Waals surface area contributed by atoms with E-state index in [-0.39, 0.29) is 23.6 Å². The van der Waals surface area contributed by atoms with Crippen molar-refractivity contribution >= 4 is 17.5 Å². The summed E-state index contributed by atoms with van der Waals surface area (Å²) in [5, 5.41) is 5.40. The molecule has 28 heavy (non-hydrogen) atoms. The SMILES string of the molecule is CCc1ccc(NC(=O)c2cc(C(=O)NCc3ccccc3F)ccn2)cc1. The average Bonchev–Trinajstić information content (AvgIpc) is 2.73. The third-order valence-corrected chi connectivity index (χ3v) is 4.27. The molecule has 0 saturated heterocycles. The molecule has 0 bridgehead atoms. The number of amides is 2. The quantitative estimate of drug-likeness (QED) is 0.683. The predicted octanol–water partition coefficient (Wildman–Crippen LogP) is 3.97. The molecule has 1 heterocycles. The standard InChI is InChI=1S/C22H20FN3O2/c1-2-15-7-9-18(10-8-15)26-22(28)20-13-16(11-12-24-20)21(27)25-14-17-5-3-4-6-19(17)23/h3-13H,2,14H2,1H3,(H,25,27)(H,26,28). The van der Waals surface area contributed by atoms with E-state index in [1.165, 1.54) is 30.0 Å². The molecule has 0 atom stereocenters. The molecular formula is C22H20FN3O2. The van der Waals surface area contributed by atoms with Crippen LogP contribution in [0, 0.1) is 5.82 Å². The number of carbonyl (C=O) groups is 2. The van der Waals surface area contributed by atoms with E-state index < -0.39 is 11.8 Å². The molecule has 6 heteroatoms. The number of pyridine rings is 1. The molecule has 1 aromatic heterocycles. The molecule has 0 aliphatic heterocycles. The summed E-state index contributed by atoms with van der Waals surface area (Å²) in [4.78, 5) is 28.8. The van der Waals surface area contributed by atoms with E-state index >= 15 is 0 Å². The Morgan fingerprint density at radius 1 is 1.00 bits per heavy atom. The van der Waals surface area contributed by atoms with Gasteiger partial charge in [-0.1, -0.05) is 37.3 Å². The third kappa shape index (κ3) is 4.79. The Labute approximate surface area is 162 Å². The van der Waals surface area contributed by atoms with Crippen LogP contribution in [0.3, 0.4) is 0 Å². The number of nitrogens with zero attached hydrogens (tertiary/aromatic N) is 1. The Balaban J connectivity index is 1.66. The van der Waals surface area contributed by atoms with Gasteiger partial charge in [0, 0.05) is 29.6 Å². The highest BCUT2D eigenvalue weighted by atomic mass is 19.1. The molecule has 0 aliphatic rings. The van der Waals surface area contributed by atoms with Crippen molar-refractivity contribution in [2.24, 2.45) is 0 Å². The zero-order chi connectivity index (χ0) is 19.9. The average molecular weight is 377 g/mol. The Hall–Kier alpha value is -3.54. The van der Waals surface area contributed by atoms with Crippen LogP contribution in [-0.2, 0) is 13.0 Å². The molecule has 3 rings (SSSR count). The molecule has 0 radical (unpaired) electrons. The number of halogens is 1. The number of carbonyl (C=O) groups excluding carboxylic acids is 2. The van der Waals surface area contributed by atoms with Crippen molar-refractivity contribution in [3.05, 3.63) is 95.1 Å². The second-order valence-corrected chi connectivity index (χ2v) is 6.21. The van der Waals surface area contributed by atoms with Crippen molar-refractivity contribution in [1.82, 2.24) is 10.3 Å². The number of anilines is 1. The lowest BCUT2D eigenvalue weighted by Crippen LogP contribution is -2.24. The third-order valence-electron chi connectivity index (χ3n) is 4.27. The highest BCUT2D eigenvalue weighted by Crippen LogP contribution is 2.12. The summed E-state index contributed by atoms with van der Waals surface area (Å²) in [6.07, 6.45) is 2.31. The minimum absolute atomic E-state index is 0.0547. The van der Waals surface area contributed by atoms with Gasteiger partial charge in [-0.3, -0.25) is 14.6 Å². The van der Waals surface area contributed by atoms with Crippen LogP contribution in [-0.4, -0.2) is 16.8 Å². The molecule has 0 fully saturated rings. The van der Waals surface area contributed by atoms with Crippen molar-refractivity contribution in [2.75, 3.05) is 5.32 Å². The molecule has 2 aromatic carbocycles. The zero-order valence-electron chi connectivity index (χ0n) is 15.4. The molecule has 3 aromatic rings. The highest BCUT2D eigenvalue weighted by Gasteiger charge is 2.13. The highest BCUT2D eigenvalue weighted by molar-refractivity contribution is 6.04. The number of hydrogen-bond donors (Lipinski definition) is 2. The first-order valence-corrected chi connectivity index (χ1v) is 8.94. The van der Waals surface area contributed by atoms with Crippen molar-refractivity contribution in [3.8, 4) is 0 Å². The molecular weight excluding hydrogens is 357 g/mol. The molecule has 0 aliphatic carbocycles. The van der Waals surface area contributed by atoms with Crippen LogP contribution in [0.1, 0.15) is 38.9 Å². The summed E-state index contributed by atoms with van der Waals surface area (Å²) in [7, 11) is 0. The van der Waals surface area contributed by atoms with Crippen LogP contribution < -0.4 is 10.6 Å². The summed E-state index contributed by atoms with van der Waals surface area (Å²) >= 11 is 0. The summed E-state index contributed by atoms with van der Waals surface area (Å²) < 4.78 is 13.7. The summed E-state index contributed by atoms with van der Waals surface area (Å²) in [5.41, 5.74) is 2.61. The van der Waals surface area contributed by atoms with Gasteiger partial charge in [0.15, 0.2) is 0 Å². The van der Waals surface area contributed by atoms with E-state index in [9.17, 15) is 14.0 Å². The molecule has 2 amide bonds. The van der Waals surface area contributed by atoms with Crippen LogP contribution >= 0.6 is 0 Å². The van der Waals surface area contributed by atoms with Gasteiger partial charge in [0.2, 0.25) is 0 Å². The van der Waals surface area contributed by atoms with E-state index in [0.29, 0.717) is 11.3 Å². The van der Waals surface area contributed by atoms with Crippen molar-refractivity contribution < 1.29 is 14.0 Å². The zero-order valence-corrected chi connectivity index (χ0v) is 15.4. The van der Waals surface area contributed by atoms with E-state index in [4.69, 9.17) is 0 Å². The second kappa shape index (κ2) is 8.90. The number of aromatic nitrogens is 1.